The molecular formula is C14H16BrN3O. The number of hydrogen-bond acceptors (Lipinski definition) is 3. The van der Waals surface area contributed by atoms with Gasteiger partial charge in [0.05, 0.1) is 5.52 Å². The van der Waals surface area contributed by atoms with E-state index in [1.165, 1.54) is 0 Å². The number of halogens is 1. The Kier molecular flexibility index (Phi) is 4.87. The monoisotopic (exact) mass is 321 g/mol. The largest absolute Gasteiger partial charge is 0.370 e. The van der Waals surface area contributed by atoms with Crippen LogP contribution in [0.15, 0.2) is 34.9 Å². The van der Waals surface area contributed by atoms with Crippen LogP contribution in [0, 0.1) is 0 Å². The molecule has 2 rings (SSSR count). The summed E-state index contributed by atoms with van der Waals surface area (Å²) in [7, 11) is 0. The van der Waals surface area contributed by atoms with E-state index in [0.717, 1.165) is 40.4 Å². The number of nitrogens with one attached hydrogen (secondary N) is 1. The maximum absolute atomic E-state index is 10.6. The van der Waals surface area contributed by atoms with Crippen molar-refractivity contribution in [3.8, 4) is 0 Å². The van der Waals surface area contributed by atoms with E-state index in [1.54, 1.807) is 6.20 Å². The Morgan fingerprint density at radius 1 is 1.37 bits per heavy atom. The lowest BCUT2D eigenvalue weighted by atomic mass is 10.1. The molecule has 0 saturated carbocycles. The fourth-order valence-corrected chi connectivity index (χ4v) is 2.40. The van der Waals surface area contributed by atoms with Crippen LogP contribution in [0.1, 0.15) is 18.4 Å². The Labute approximate surface area is 120 Å². The summed E-state index contributed by atoms with van der Waals surface area (Å²) >= 11 is 3.53. The van der Waals surface area contributed by atoms with Gasteiger partial charge in [-0.3, -0.25) is 9.78 Å². The molecule has 0 unspecified atom stereocenters. The molecule has 0 spiro atoms. The Morgan fingerprint density at radius 2 is 2.21 bits per heavy atom. The van der Waals surface area contributed by atoms with Crippen LogP contribution in [0.4, 0.5) is 0 Å². The van der Waals surface area contributed by atoms with E-state index >= 15 is 0 Å². The molecule has 0 saturated heterocycles. The quantitative estimate of drug-likeness (QED) is 0.802. The molecule has 0 bridgehead atoms. The summed E-state index contributed by atoms with van der Waals surface area (Å²) in [6, 6.07) is 8.06. The average molecular weight is 322 g/mol. The van der Waals surface area contributed by atoms with Gasteiger partial charge < -0.3 is 11.1 Å². The van der Waals surface area contributed by atoms with Crippen molar-refractivity contribution in [2.45, 2.75) is 19.4 Å². The fraction of sp³-hybridized carbons (Fsp3) is 0.286. The highest BCUT2D eigenvalue weighted by Crippen LogP contribution is 2.24. The Hall–Kier alpha value is -1.46. The van der Waals surface area contributed by atoms with Gasteiger partial charge in [-0.15, -0.1) is 0 Å². The lowest BCUT2D eigenvalue weighted by molar-refractivity contribution is -0.118. The lowest BCUT2D eigenvalue weighted by Crippen LogP contribution is -2.18. The molecule has 0 aliphatic heterocycles. The first-order chi connectivity index (χ1) is 9.18. The van der Waals surface area contributed by atoms with Gasteiger partial charge in [-0.2, -0.15) is 0 Å². The molecule has 1 aromatic heterocycles. The van der Waals surface area contributed by atoms with Crippen molar-refractivity contribution in [1.29, 1.82) is 0 Å². The smallest absolute Gasteiger partial charge is 0.217 e. The molecule has 19 heavy (non-hydrogen) atoms. The minimum atomic E-state index is -0.252. The zero-order valence-electron chi connectivity index (χ0n) is 10.5. The van der Waals surface area contributed by atoms with Crippen LogP contribution in [-0.4, -0.2) is 17.4 Å². The molecule has 5 heteroatoms. The van der Waals surface area contributed by atoms with Crippen molar-refractivity contribution in [2.75, 3.05) is 6.54 Å². The first-order valence-corrected chi connectivity index (χ1v) is 6.99. The lowest BCUT2D eigenvalue weighted by Gasteiger charge is -2.08. The van der Waals surface area contributed by atoms with Crippen LogP contribution in [0.5, 0.6) is 0 Å². The van der Waals surface area contributed by atoms with E-state index in [0.29, 0.717) is 6.42 Å². The number of aromatic nitrogens is 1. The van der Waals surface area contributed by atoms with Crippen molar-refractivity contribution in [3.05, 3.63) is 40.5 Å². The normalized spacial score (nSPS) is 10.8. The van der Waals surface area contributed by atoms with Gasteiger partial charge in [0.2, 0.25) is 5.91 Å². The fourth-order valence-electron chi connectivity index (χ4n) is 1.95. The summed E-state index contributed by atoms with van der Waals surface area (Å²) in [5.74, 6) is -0.252. The highest BCUT2D eigenvalue weighted by Gasteiger charge is 2.04. The van der Waals surface area contributed by atoms with Gasteiger partial charge in [-0.1, -0.05) is 28.1 Å². The predicted molar refractivity (Wildman–Crippen MR) is 79.6 cm³/mol. The Bertz CT molecular complexity index is 586. The summed E-state index contributed by atoms with van der Waals surface area (Å²) in [6.45, 7) is 1.51. The summed E-state index contributed by atoms with van der Waals surface area (Å²) in [5.41, 5.74) is 7.25. The molecule has 4 nitrogen and oxygen atoms in total. The van der Waals surface area contributed by atoms with Gasteiger partial charge in [-0.05, 0) is 30.7 Å². The van der Waals surface area contributed by atoms with Crippen molar-refractivity contribution >= 4 is 32.7 Å². The number of nitrogens with two attached hydrogens (primary N) is 1. The molecule has 3 N–H and O–H groups in total. The Balaban J connectivity index is 2.01. The van der Waals surface area contributed by atoms with Gasteiger partial charge in [-0.25, -0.2) is 0 Å². The van der Waals surface area contributed by atoms with Gasteiger partial charge >= 0.3 is 0 Å². The molecule has 1 amide bonds. The zero-order valence-corrected chi connectivity index (χ0v) is 12.1. The van der Waals surface area contributed by atoms with Crippen LogP contribution < -0.4 is 11.1 Å². The highest BCUT2D eigenvalue weighted by molar-refractivity contribution is 9.10. The number of primary amides is 1. The van der Waals surface area contributed by atoms with Crippen LogP contribution in [0.2, 0.25) is 0 Å². The highest BCUT2D eigenvalue weighted by atomic mass is 79.9. The number of hydrogen-bond donors (Lipinski definition) is 2. The van der Waals surface area contributed by atoms with E-state index in [1.807, 2.05) is 18.2 Å². The van der Waals surface area contributed by atoms with E-state index in [-0.39, 0.29) is 5.91 Å². The van der Waals surface area contributed by atoms with Crippen molar-refractivity contribution in [1.82, 2.24) is 10.3 Å². The number of carbonyl (C=O) groups excluding carboxylic acids is 1. The number of amides is 1. The number of carbonyl (C=O) groups is 1. The average Bonchev–Trinajstić information content (AvgIpc) is 2.41. The third-order valence-corrected chi connectivity index (χ3v) is 3.58. The second kappa shape index (κ2) is 6.63. The molecule has 0 fully saturated rings. The van der Waals surface area contributed by atoms with E-state index in [2.05, 4.69) is 32.3 Å². The maximum Gasteiger partial charge on any atom is 0.217 e. The summed E-state index contributed by atoms with van der Waals surface area (Å²) < 4.78 is 1.05. The van der Waals surface area contributed by atoms with E-state index < -0.39 is 0 Å². The molecule has 0 atom stereocenters. The van der Waals surface area contributed by atoms with Crippen LogP contribution in [0.25, 0.3) is 10.9 Å². The van der Waals surface area contributed by atoms with Gasteiger partial charge in [0.25, 0.3) is 0 Å². The minimum Gasteiger partial charge on any atom is -0.370 e. The topological polar surface area (TPSA) is 68.0 Å². The summed E-state index contributed by atoms with van der Waals surface area (Å²) in [5, 5.41) is 4.42. The van der Waals surface area contributed by atoms with Crippen molar-refractivity contribution in [3.63, 3.8) is 0 Å². The number of rotatable bonds is 6. The number of fused-ring (bicyclic) bond motifs is 1. The maximum atomic E-state index is 10.6. The molecule has 0 aliphatic rings. The Morgan fingerprint density at radius 3 is 3.00 bits per heavy atom. The predicted octanol–water partition coefficient (Wildman–Crippen LogP) is 2.35. The zero-order chi connectivity index (χ0) is 13.7. The summed E-state index contributed by atoms with van der Waals surface area (Å²) in [4.78, 5) is 15.0. The van der Waals surface area contributed by atoms with Crippen LogP contribution in [0.3, 0.4) is 0 Å². The SMILES string of the molecule is NC(=O)CCCNCc1ccc(Br)c2cccnc12. The molecule has 1 heterocycles. The third kappa shape index (κ3) is 3.75. The van der Waals surface area contributed by atoms with Crippen molar-refractivity contribution < 1.29 is 4.79 Å². The van der Waals surface area contributed by atoms with Gasteiger partial charge in [0.1, 0.15) is 0 Å². The van der Waals surface area contributed by atoms with Crippen molar-refractivity contribution in [2.24, 2.45) is 5.73 Å². The molecule has 0 aliphatic carbocycles. The molecule has 0 radical (unpaired) electrons. The second-order valence-corrected chi connectivity index (χ2v) is 5.21. The first-order valence-electron chi connectivity index (χ1n) is 6.19. The molecule has 2 aromatic rings. The van der Waals surface area contributed by atoms with Gasteiger partial charge in [0, 0.05) is 29.0 Å². The molecule has 100 valence electrons. The summed E-state index contributed by atoms with van der Waals surface area (Å²) in [6.07, 6.45) is 2.98. The van der Waals surface area contributed by atoms with Crippen LogP contribution in [-0.2, 0) is 11.3 Å². The van der Waals surface area contributed by atoms with E-state index in [9.17, 15) is 4.79 Å². The van der Waals surface area contributed by atoms with E-state index in [4.69, 9.17) is 5.73 Å². The number of nitrogens with zero attached hydrogens (tertiary/aromatic N) is 1. The standard InChI is InChI=1S/C14H16BrN3O/c15-12-6-5-10(9-17-7-2-4-13(16)19)14-11(12)3-1-8-18-14/h1,3,5-6,8,17H,2,4,7,9H2,(H2,16,19). The number of benzene rings is 1. The minimum absolute atomic E-state index is 0.252. The third-order valence-electron chi connectivity index (χ3n) is 2.89. The van der Waals surface area contributed by atoms with Crippen LogP contribution >= 0.6 is 15.9 Å². The first kappa shape index (κ1) is 14.0. The number of pyridine rings is 1. The van der Waals surface area contributed by atoms with Gasteiger partial charge in [0.15, 0.2) is 0 Å². The second-order valence-electron chi connectivity index (χ2n) is 4.35. The molecule has 1 aromatic carbocycles. The molecular weight excluding hydrogens is 306 g/mol.